The second-order valence-electron chi connectivity index (χ2n) is 5.66. The van der Waals surface area contributed by atoms with Gasteiger partial charge in [0.25, 0.3) is 5.91 Å². The molecule has 2 heterocycles. The average Bonchev–Trinajstić information content (AvgIpc) is 2.46. The van der Waals surface area contributed by atoms with E-state index in [0.717, 1.165) is 18.7 Å². The minimum absolute atomic E-state index is 0.0502. The van der Waals surface area contributed by atoms with Gasteiger partial charge in [0.2, 0.25) is 0 Å². The Bertz CT molecular complexity index is 513. The number of pyridine rings is 1. The number of hydrogen-bond acceptors (Lipinski definition) is 4. The molecule has 1 aromatic rings. The first-order valence-electron chi connectivity index (χ1n) is 7.12. The molecule has 1 atom stereocenters. The van der Waals surface area contributed by atoms with Crippen LogP contribution in [0.15, 0.2) is 18.3 Å². The molecule has 1 fully saturated rings. The van der Waals surface area contributed by atoms with Gasteiger partial charge in [-0.2, -0.15) is 0 Å². The van der Waals surface area contributed by atoms with E-state index < -0.39 is 5.97 Å². The number of aromatic nitrogens is 1. The van der Waals surface area contributed by atoms with Crippen LogP contribution in [0.5, 0.6) is 0 Å². The van der Waals surface area contributed by atoms with Crippen molar-refractivity contribution < 1.29 is 14.7 Å². The Morgan fingerprint density at radius 2 is 2.19 bits per heavy atom. The zero-order valence-electron chi connectivity index (χ0n) is 12.5. The summed E-state index contributed by atoms with van der Waals surface area (Å²) in [5, 5.41) is 8.87. The number of rotatable bonds is 4. The number of anilines is 1. The SMILES string of the molecule is CN(C)c1ccc(C(=O)N2CCCC(CC(=O)O)C2)cn1. The van der Waals surface area contributed by atoms with Crippen molar-refractivity contribution in [2.75, 3.05) is 32.1 Å². The van der Waals surface area contributed by atoms with Gasteiger partial charge in [0.1, 0.15) is 5.82 Å². The summed E-state index contributed by atoms with van der Waals surface area (Å²) in [6.07, 6.45) is 3.43. The van der Waals surface area contributed by atoms with Gasteiger partial charge in [0, 0.05) is 39.8 Å². The molecule has 0 aliphatic carbocycles. The predicted molar refractivity (Wildman–Crippen MR) is 79.4 cm³/mol. The molecule has 0 bridgehead atoms. The van der Waals surface area contributed by atoms with Gasteiger partial charge >= 0.3 is 5.97 Å². The molecule has 1 unspecified atom stereocenters. The average molecular weight is 291 g/mol. The number of amides is 1. The molecule has 6 nitrogen and oxygen atoms in total. The van der Waals surface area contributed by atoms with E-state index in [-0.39, 0.29) is 18.2 Å². The van der Waals surface area contributed by atoms with E-state index in [0.29, 0.717) is 18.7 Å². The molecule has 1 aliphatic heterocycles. The maximum absolute atomic E-state index is 12.4. The summed E-state index contributed by atoms with van der Waals surface area (Å²) < 4.78 is 0. The van der Waals surface area contributed by atoms with Gasteiger partial charge in [-0.05, 0) is 30.9 Å². The molecule has 0 radical (unpaired) electrons. The number of carbonyl (C=O) groups excluding carboxylic acids is 1. The van der Waals surface area contributed by atoms with Gasteiger partial charge in [-0.1, -0.05) is 0 Å². The third kappa shape index (κ3) is 3.93. The van der Waals surface area contributed by atoms with Crippen molar-refractivity contribution in [2.45, 2.75) is 19.3 Å². The number of nitrogens with zero attached hydrogens (tertiary/aromatic N) is 3. The maximum atomic E-state index is 12.4. The van der Waals surface area contributed by atoms with Crippen LogP contribution >= 0.6 is 0 Å². The van der Waals surface area contributed by atoms with Crippen LogP contribution in [0.25, 0.3) is 0 Å². The number of piperidine rings is 1. The summed E-state index contributed by atoms with van der Waals surface area (Å²) in [4.78, 5) is 31.1. The second-order valence-corrected chi connectivity index (χ2v) is 5.66. The first-order chi connectivity index (χ1) is 9.97. The third-order valence-corrected chi connectivity index (χ3v) is 3.72. The minimum Gasteiger partial charge on any atom is -0.481 e. The van der Waals surface area contributed by atoms with Crippen LogP contribution in [0.3, 0.4) is 0 Å². The second kappa shape index (κ2) is 6.56. The molecule has 1 aliphatic rings. The van der Waals surface area contributed by atoms with Crippen LogP contribution in [0.2, 0.25) is 0 Å². The summed E-state index contributed by atoms with van der Waals surface area (Å²) in [6, 6.07) is 3.58. The first-order valence-corrected chi connectivity index (χ1v) is 7.12. The summed E-state index contributed by atoms with van der Waals surface area (Å²) in [5.74, 6) is -0.0163. The smallest absolute Gasteiger partial charge is 0.303 e. The molecule has 2 rings (SSSR count). The Labute approximate surface area is 124 Å². The van der Waals surface area contributed by atoms with Crippen LogP contribution < -0.4 is 4.90 Å². The van der Waals surface area contributed by atoms with Crippen LogP contribution in [0.4, 0.5) is 5.82 Å². The molecule has 0 aromatic carbocycles. The van der Waals surface area contributed by atoms with Crippen LogP contribution in [-0.2, 0) is 4.79 Å². The fraction of sp³-hybridized carbons (Fsp3) is 0.533. The third-order valence-electron chi connectivity index (χ3n) is 3.72. The van der Waals surface area contributed by atoms with E-state index in [1.54, 1.807) is 17.2 Å². The number of carboxylic acid groups (broad SMARTS) is 1. The molecule has 1 aromatic heterocycles. The highest BCUT2D eigenvalue weighted by Crippen LogP contribution is 2.21. The van der Waals surface area contributed by atoms with Gasteiger partial charge in [0.15, 0.2) is 0 Å². The van der Waals surface area contributed by atoms with E-state index in [1.807, 2.05) is 25.1 Å². The highest BCUT2D eigenvalue weighted by molar-refractivity contribution is 5.94. The normalized spacial score (nSPS) is 18.4. The Kier molecular flexibility index (Phi) is 4.77. The summed E-state index contributed by atoms with van der Waals surface area (Å²) in [6.45, 7) is 1.20. The van der Waals surface area contributed by atoms with E-state index in [4.69, 9.17) is 5.11 Å². The van der Waals surface area contributed by atoms with E-state index in [9.17, 15) is 9.59 Å². The number of aliphatic carboxylic acids is 1. The summed E-state index contributed by atoms with van der Waals surface area (Å²) in [5.41, 5.74) is 0.552. The highest BCUT2D eigenvalue weighted by atomic mass is 16.4. The Hall–Kier alpha value is -2.11. The lowest BCUT2D eigenvalue weighted by Gasteiger charge is -2.32. The predicted octanol–water partition coefficient (Wildman–Crippen LogP) is 1.47. The maximum Gasteiger partial charge on any atom is 0.303 e. The molecular formula is C15H21N3O3. The quantitative estimate of drug-likeness (QED) is 0.909. The Morgan fingerprint density at radius 3 is 2.76 bits per heavy atom. The topological polar surface area (TPSA) is 73.7 Å². The van der Waals surface area contributed by atoms with Crippen molar-refractivity contribution in [3.63, 3.8) is 0 Å². The van der Waals surface area contributed by atoms with Crippen molar-refractivity contribution >= 4 is 17.7 Å². The van der Waals surface area contributed by atoms with Gasteiger partial charge < -0.3 is 14.9 Å². The summed E-state index contributed by atoms with van der Waals surface area (Å²) in [7, 11) is 3.79. The first kappa shape index (κ1) is 15.3. The standard InChI is InChI=1S/C15H21N3O3/c1-17(2)13-6-5-12(9-16-13)15(21)18-7-3-4-11(10-18)8-14(19)20/h5-6,9,11H,3-4,7-8,10H2,1-2H3,(H,19,20). The van der Waals surface area contributed by atoms with Gasteiger partial charge in [-0.15, -0.1) is 0 Å². The number of likely N-dealkylation sites (tertiary alicyclic amines) is 1. The van der Waals surface area contributed by atoms with Crippen LogP contribution in [-0.4, -0.2) is 54.1 Å². The van der Waals surface area contributed by atoms with Crippen molar-refractivity contribution in [2.24, 2.45) is 5.92 Å². The zero-order valence-corrected chi connectivity index (χ0v) is 12.5. The fourth-order valence-corrected chi connectivity index (χ4v) is 2.62. The highest BCUT2D eigenvalue weighted by Gasteiger charge is 2.26. The van der Waals surface area contributed by atoms with Gasteiger partial charge in [-0.25, -0.2) is 4.98 Å². The monoisotopic (exact) mass is 291 g/mol. The number of carbonyl (C=O) groups is 2. The summed E-state index contributed by atoms with van der Waals surface area (Å²) >= 11 is 0. The zero-order chi connectivity index (χ0) is 15.4. The number of carboxylic acids is 1. The van der Waals surface area contributed by atoms with Crippen LogP contribution in [0.1, 0.15) is 29.6 Å². The van der Waals surface area contributed by atoms with E-state index in [1.165, 1.54) is 0 Å². The molecule has 0 saturated carbocycles. The molecule has 1 N–H and O–H groups in total. The molecule has 1 amide bonds. The largest absolute Gasteiger partial charge is 0.481 e. The molecular weight excluding hydrogens is 270 g/mol. The Morgan fingerprint density at radius 1 is 1.43 bits per heavy atom. The molecule has 114 valence electrons. The van der Waals surface area contributed by atoms with Crippen molar-refractivity contribution in [1.82, 2.24) is 9.88 Å². The van der Waals surface area contributed by atoms with Crippen molar-refractivity contribution in [3.05, 3.63) is 23.9 Å². The lowest BCUT2D eigenvalue weighted by atomic mass is 9.94. The van der Waals surface area contributed by atoms with Gasteiger partial charge in [-0.3, -0.25) is 9.59 Å². The Balaban J connectivity index is 2.03. The lowest BCUT2D eigenvalue weighted by Crippen LogP contribution is -2.40. The van der Waals surface area contributed by atoms with E-state index >= 15 is 0 Å². The fourth-order valence-electron chi connectivity index (χ4n) is 2.62. The van der Waals surface area contributed by atoms with Crippen molar-refractivity contribution in [3.8, 4) is 0 Å². The minimum atomic E-state index is -0.800. The van der Waals surface area contributed by atoms with Crippen LogP contribution in [0, 0.1) is 5.92 Å². The molecule has 0 spiro atoms. The van der Waals surface area contributed by atoms with E-state index in [2.05, 4.69) is 4.98 Å². The van der Waals surface area contributed by atoms with Crippen molar-refractivity contribution in [1.29, 1.82) is 0 Å². The molecule has 1 saturated heterocycles. The number of hydrogen-bond donors (Lipinski definition) is 1. The molecule has 21 heavy (non-hydrogen) atoms. The lowest BCUT2D eigenvalue weighted by molar-refractivity contribution is -0.138. The van der Waals surface area contributed by atoms with Gasteiger partial charge in [0.05, 0.1) is 5.56 Å². The molecule has 6 heteroatoms.